The smallest absolute Gasteiger partial charge is 0.313 e. The third-order valence-corrected chi connectivity index (χ3v) is 4.40. The van der Waals surface area contributed by atoms with Crippen molar-refractivity contribution in [1.82, 2.24) is 14.1 Å². The summed E-state index contributed by atoms with van der Waals surface area (Å²) < 4.78 is 2.96. The molecule has 0 amide bonds. The highest BCUT2D eigenvalue weighted by Crippen LogP contribution is 2.14. The van der Waals surface area contributed by atoms with Gasteiger partial charge in [-0.25, -0.2) is 4.79 Å². The van der Waals surface area contributed by atoms with Gasteiger partial charge in [0.2, 0.25) is 0 Å². The molecule has 0 radical (unpaired) electrons. The van der Waals surface area contributed by atoms with E-state index in [9.17, 15) is 19.2 Å². The van der Waals surface area contributed by atoms with Crippen molar-refractivity contribution in [3.63, 3.8) is 0 Å². The number of hydrogen-bond donors (Lipinski definition) is 1. The Balaban J connectivity index is 2.65. The molecule has 128 valence electrons. The molecule has 2 aromatic rings. The average molecular weight is 349 g/mol. The van der Waals surface area contributed by atoms with Crippen LogP contribution in [0.5, 0.6) is 0 Å². The summed E-state index contributed by atoms with van der Waals surface area (Å²) >= 11 is 1.09. The minimum absolute atomic E-state index is 0.107. The molecule has 0 fully saturated rings. The van der Waals surface area contributed by atoms with Crippen LogP contribution in [0.25, 0.3) is 12.2 Å². The normalized spacial score (nSPS) is 13.5. The lowest BCUT2D eigenvalue weighted by molar-refractivity contribution is -0.119. The molecular formula is C16H19N3O4S. The maximum Gasteiger partial charge on any atom is 0.330 e. The molecule has 0 saturated heterocycles. The Hall–Kier alpha value is -2.48. The van der Waals surface area contributed by atoms with Gasteiger partial charge in [0.15, 0.2) is 5.78 Å². The Bertz CT molecular complexity index is 1090. The van der Waals surface area contributed by atoms with Gasteiger partial charge in [-0.2, -0.15) is 0 Å². The zero-order chi connectivity index (χ0) is 18.2. The number of ketones is 1. The Labute approximate surface area is 141 Å². The van der Waals surface area contributed by atoms with Crippen LogP contribution in [0.4, 0.5) is 0 Å². The molecule has 0 unspecified atom stereocenters. The monoisotopic (exact) mass is 349 g/mol. The Morgan fingerprint density at radius 3 is 2.42 bits per heavy atom. The van der Waals surface area contributed by atoms with Crippen molar-refractivity contribution < 1.29 is 4.79 Å². The molecule has 0 aliphatic rings. The largest absolute Gasteiger partial charge is 0.330 e. The zero-order valence-electron chi connectivity index (χ0n) is 14.2. The van der Waals surface area contributed by atoms with E-state index in [4.69, 9.17) is 0 Å². The quantitative estimate of drug-likeness (QED) is 0.757. The molecule has 24 heavy (non-hydrogen) atoms. The van der Waals surface area contributed by atoms with Crippen LogP contribution in [0.3, 0.4) is 0 Å². The number of Topliss-reactive ketones (excluding diaryl/α,β-unsaturated/α-hetero) is 1. The van der Waals surface area contributed by atoms with Crippen molar-refractivity contribution in [1.29, 1.82) is 0 Å². The van der Waals surface area contributed by atoms with E-state index in [1.54, 1.807) is 20.8 Å². The first kappa shape index (κ1) is 17.9. The van der Waals surface area contributed by atoms with E-state index in [0.29, 0.717) is 9.20 Å². The lowest BCUT2D eigenvalue weighted by Crippen LogP contribution is -2.38. The summed E-state index contributed by atoms with van der Waals surface area (Å²) in [7, 11) is 2.90. The van der Waals surface area contributed by atoms with Crippen LogP contribution >= 0.6 is 11.3 Å². The number of carbonyl (C=O) groups is 1. The lowest BCUT2D eigenvalue weighted by Gasteiger charge is -2.12. The molecule has 0 saturated carbocycles. The van der Waals surface area contributed by atoms with Crippen molar-refractivity contribution >= 4 is 29.3 Å². The lowest BCUT2D eigenvalue weighted by atomic mass is 9.91. The molecule has 2 heterocycles. The van der Waals surface area contributed by atoms with Crippen LogP contribution in [0.1, 0.15) is 26.3 Å². The summed E-state index contributed by atoms with van der Waals surface area (Å²) in [6, 6.07) is 0. The second-order valence-electron chi connectivity index (χ2n) is 6.53. The van der Waals surface area contributed by atoms with Gasteiger partial charge in [0.05, 0.1) is 14.8 Å². The van der Waals surface area contributed by atoms with E-state index < -0.39 is 16.7 Å². The summed E-state index contributed by atoms with van der Waals surface area (Å²) in [4.78, 5) is 50.5. The molecule has 7 nitrogen and oxygen atoms in total. The van der Waals surface area contributed by atoms with Crippen molar-refractivity contribution in [2.24, 2.45) is 19.5 Å². The number of H-pyrrole nitrogens is 1. The Morgan fingerprint density at radius 1 is 1.21 bits per heavy atom. The summed E-state index contributed by atoms with van der Waals surface area (Å²) in [5, 5.41) is 0. The summed E-state index contributed by atoms with van der Waals surface area (Å²) in [6.45, 7) is 5.37. The molecule has 0 atom stereocenters. The fourth-order valence-corrected chi connectivity index (χ4v) is 2.81. The molecule has 0 aliphatic heterocycles. The standard InChI is InChI=1S/C16H19N3O4S/c1-16(2,3)11(20)7-12-17-13(21)10(24-12)6-9-8-18(4)15(23)19(5)14(9)22/h6-8H,1-5H3,(H,17,21)/b10-6-,12-7-. The molecule has 2 rings (SSSR count). The van der Waals surface area contributed by atoms with E-state index in [1.165, 1.54) is 37.0 Å². The highest BCUT2D eigenvalue weighted by molar-refractivity contribution is 7.07. The van der Waals surface area contributed by atoms with Crippen LogP contribution in [-0.4, -0.2) is 19.9 Å². The number of aromatic amines is 1. The molecule has 0 aliphatic carbocycles. The summed E-state index contributed by atoms with van der Waals surface area (Å²) in [5.41, 5.74) is -1.63. The van der Waals surface area contributed by atoms with Crippen LogP contribution in [0.2, 0.25) is 0 Å². The van der Waals surface area contributed by atoms with E-state index in [0.717, 1.165) is 15.9 Å². The number of nitrogens with one attached hydrogen (secondary N) is 1. The maximum atomic E-state index is 12.1. The van der Waals surface area contributed by atoms with E-state index in [2.05, 4.69) is 4.98 Å². The van der Waals surface area contributed by atoms with Gasteiger partial charge in [0, 0.05) is 31.8 Å². The Morgan fingerprint density at radius 2 is 1.83 bits per heavy atom. The predicted molar refractivity (Wildman–Crippen MR) is 93.6 cm³/mol. The van der Waals surface area contributed by atoms with Crippen LogP contribution in [0, 0.1) is 5.41 Å². The number of hydrogen-bond acceptors (Lipinski definition) is 5. The maximum absolute atomic E-state index is 12.1. The van der Waals surface area contributed by atoms with Gasteiger partial charge in [-0.05, 0) is 6.08 Å². The van der Waals surface area contributed by atoms with E-state index in [-0.39, 0.29) is 16.9 Å². The zero-order valence-corrected chi connectivity index (χ0v) is 15.0. The van der Waals surface area contributed by atoms with Crippen molar-refractivity contribution in [3.8, 4) is 0 Å². The third-order valence-electron chi connectivity index (χ3n) is 3.44. The fraction of sp³-hybridized carbons (Fsp3) is 0.375. The number of aryl methyl sites for hydroxylation is 1. The first-order valence-corrected chi connectivity index (χ1v) is 8.06. The van der Waals surface area contributed by atoms with Gasteiger partial charge in [-0.3, -0.25) is 19.0 Å². The first-order chi connectivity index (χ1) is 11.0. The van der Waals surface area contributed by atoms with Gasteiger partial charge >= 0.3 is 5.69 Å². The van der Waals surface area contributed by atoms with Crippen LogP contribution in [-0.2, 0) is 18.9 Å². The van der Waals surface area contributed by atoms with Crippen LogP contribution < -0.4 is 26.0 Å². The minimum atomic E-state index is -0.543. The van der Waals surface area contributed by atoms with Gasteiger partial charge in [-0.15, -0.1) is 11.3 Å². The fourth-order valence-electron chi connectivity index (χ4n) is 1.94. The molecule has 1 N–H and O–H groups in total. The Kier molecular flexibility index (Phi) is 4.61. The number of carbonyl (C=O) groups excluding carboxylic acids is 1. The third kappa shape index (κ3) is 3.53. The molecule has 0 bridgehead atoms. The van der Waals surface area contributed by atoms with Gasteiger partial charge < -0.3 is 9.55 Å². The highest BCUT2D eigenvalue weighted by atomic mass is 32.1. The van der Waals surface area contributed by atoms with Gasteiger partial charge in [0.1, 0.15) is 0 Å². The number of nitrogens with zero attached hydrogens (tertiary/aromatic N) is 2. The van der Waals surface area contributed by atoms with Gasteiger partial charge in [-0.1, -0.05) is 20.8 Å². The summed E-state index contributed by atoms with van der Waals surface area (Å²) in [5.74, 6) is -0.107. The molecule has 0 spiro atoms. The molecule has 2 aromatic heterocycles. The SMILES string of the molecule is Cn1cc(/C=c2\s/c(=C\C(=O)C(C)(C)C)[nH]c2=O)c(=O)n(C)c1=O. The highest BCUT2D eigenvalue weighted by Gasteiger charge is 2.18. The van der Waals surface area contributed by atoms with E-state index in [1.807, 2.05) is 0 Å². The average Bonchev–Trinajstić information content (AvgIpc) is 2.81. The second kappa shape index (κ2) is 6.20. The predicted octanol–water partition coefficient (Wildman–Crippen LogP) is -0.942. The number of rotatable bonds is 2. The number of aromatic nitrogens is 3. The van der Waals surface area contributed by atoms with Gasteiger partial charge in [0.25, 0.3) is 11.1 Å². The van der Waals surface area contributed by atoms with Crippen molar-refractivity contribution in [2.75, 3.05) is 0 Å². The minimum Gasteiger partial charge on any atom is -0.313 e. The van der Waals surface area contributed by atoms with E-state index >= 15 is 0 Å². The molecule has 8 heteroatoms. The van der Waals surface area contributed by atoms with Crippen LogP contribution in [0.15, 0.2) is 20.6 Å². The second-order valence-corrected chi connectivity index (χ2v) is 7.61. The topological polar surface area (TPSA) is 93.9 Å². The molecular weight excluding hydrogens is 330 g/mol. The first-order valence-electron chi connectivity index (χ1n) is 7.24. The molecule has 0 aromatic carbocycles. The summed E-state index contributed by atoms with van der Waals surface area (Å²) in [6.07, 6.45) is 4.19. The van der Waals surface area contributed by atoms with Crippen molar-refractivity contribution in [3.05, 3.63) is 52.1 Å². The van der Waals surface area contributed by atoms with Crippen molar-refractivity contribution in [2.45, 2.75) is 20.8 Å². The number of thiazole rings is 1.